The van der Waals surface area contributed by atoms with Gasteiger partial charge in [-0.15, -0.1) is 24.0 Å². The van der Waals surface area contributed by atoms with Crippen LogP contribution in [0.3, 0.4) is 0 Å². The fraction of sp³-hybridized carbons (Fsp3) is 0.133. The fourth-order valence-electron chi connectivity index (χ4n) is 1.62. The summed E-state index contributed by atoms with van der Waals surface area (Å²) in [7, 11) is 1.64. The van der Waals surface area contributed by atoms with Gasteiger partial charge in [-0.05, 0) is 29.8 Å². The van der Waals surface area contributed by atoms with E-state index in [1.165, 1.54) is 0 Å². The number of hydrogen-bond acceptors (Lipinski definition) is 2. The van der Waals surface area contributed by atoms with Crippen molar-refractivity contribution in [1.82, 2.24) is 0 Å². The molecular formula is C15H18IN3O. The van der Waals surface area contributed by atoms with Crippen molar-refractivity contribution in [3.8, 4) is 5.75 Å². The Hall–Kier alpha value is -1.76. The minimum atomic E-state index is 0. The lowest BCUT2D eigenvalue weighted by Crippen LogP contribution is -2.22. The molecule has 0 aromatic heterocycles. The van der Waals surface area contributed by atoms with Crippen LogP contribution in [0.5, 0.6) is 5.75 Å². The molecule has 0 aliphatic carbocycles. The van der Waals surface area contributed by atoms with Crippen molar-refractivity contribution in [2.45, 2.75) is 6.54 Å². The summed E-state index contributed by atoms with van der Waals surface area (Å²) < 4.78 is 5.09. The lowest BCUT2D eigenvalue weighted by Gasteiger charge is -2.06. The maximum Gasteiger partial charge on any atom is 0.193 e. The van der Waals surface area contributed by atoms with Gasteiger partial charge in [0.1, 0.15) is 5.75 Å². The molecule has 0 atom stereocenters. The summed E-state index contributed by atoms with van der Waals surface area (Å²) in [4.78, 5) is 4.28. The molecule has 0 heterocycles. The molecule has 4 nitrogen and oxygen atoms in total. The molecule has 0 spiro atoms. The number of aliphatic imine (C=N–C) groups is 1. The monoisotopic (exact) mass is 383 g/mol. The molecule has 0 amide bonds. The molecule has 0 saturated heterocycles. The van der Waals surface area contributed by atoms with Crippen molar-refractivity contribution in [2.24, 2.45) is 10.7 Å². The standard InChI is InChI=1S/C15H17N3O.HI/c1-19-14-9-7-13(8-10-14)18-15(16)17-11-12-5-3-2-4-6-12;/h2-10H,11H2,1H3,(H3,16,17,18);1H. The van der Waals surface area contributed by atoms with Crippen molar-refractivity contribution in [3.63, 3.8) is 0 Å². The van der Waals surface area contributed by atoms with Crippen LogP contribution in [0.4, 0.5) is 5.69 Å². The highest BCUT2D eigenvalue weighted by molar-refractivity contribution is 14.0. The maximum atomic E-state index is 5.83. The smallest absolute Gasteiger partial charge is 0.193 e. The van der Waals surface area contributed by atoms with E-state index in [0.717, 1.165) is 17.0 Å². The van der Waals surface area contributed by atoms with E-state index in [0.29, 0.717) is 12.5 Å². The average Bonchev–Trinajstić information content (AvgIpc) is 2.47. The Morgan fingerprint density at radius 1 is 1.10 bits per heavy atom. The molecule has 0 saturated carbocycles. The summed E-state index contributed by atoms with van der Waals surface area (Å²) in [5.41, 5.74) is 7.84. The third kappa shape index (κ3) is 5.08. The van der Waals surface area contributed by atoms with Gasteiger partial charge < -0.3 is 15.8 Å². The lowest BCUT2D eigenvalue weighted by molar-refractivity contribution is 0.415. The van der Waals surface area contributed by atoms with Crippen LogP contribution in [-0.4, -0.2) is 13.1 Å². The number of guanidine groups is 1. The van der Waals surface area contributed by atoms with Gasteiger partial charge in [-0.2, -0.15) is 0 Å². The van der Waals surface area contributed by atoms with Gasteiger partial charge in [0, 0.05) is 5.69 Å². The van der Waals surface area contributed by atoms with E-state index in [-0.39, 0.29) is 24.0 Å². The molecule has 0 fully saturated rings. The molecule has 0 unspecified atom stereocenters. The Kier molecular flexibility index (Phi) is 6.86. The molecular weight excluding hydrogens is 365 g/mol. The van der Waals surface area contributed by atoms with Crippen molar-refractivity contribution < 1.29 is 4.74 Å². The molecule has 2 aromatic rings. The first-order valence-electron chi connectivity index (χ1n) is 6.03. The second kappa shape index (κ2) is 8.42. The molecule has 0 bridgehead atoms. The highest BCUT2D eigenvalue weighted by atomic mass is 127. The summed E-state index contributed by atoms with van der Waals surface area (Å²) in [5, 5.41) is 3.04. The normalized spacial score (nSPS) is 10.6. The van der Waals surface area contributed by atoms with E-state index in [9.17, 15) is 0 Å². The zero-order chi connectivity index (χ0) is 13.5. The van der Waals surface area contributed by atoms with Gasteiger partial charge in [-0.1, -0.05) is 30.3 Å². The van der Waals surface area contributed by atoms with Crippen LogP contribution in [-0.2, 0) is 6.54 Å². The Labute approximate surface area is 136 Å². The summed E-state index contributed by atoms with van der Waals surface area (Å²) in [6, 6.07) is 17.5. The van der Waals surface area contributed by atoms with Gasteiger partial charge in [-0.25, -0.2) is 4.99 Å². The minimum Gasteiger partial charge on any atom is -0.497 e. The van der Waals surface area contributed by atoms with Crippen LogP contribution in [0.1, 0.15) is 5.56 Å². The van der Waals surface area contributed by atoms with E-state index < -0.39 is 0 Å². The number of halogens is 1. The molecule has 3 N–H and O–H groups in total. The third-order valence-corrected chi connectivity index (χ3v) is 2.64. The Morgan fingerprint density at radius 2 is 1.75 bits per heavy atom. The zero-order valence-electron chi connectivity index (χ0n) is 11.2. The number of nitrogens with one attached hydrogen (secondary N) is 1. The van der Waals surface area contributed by atoms with Crippen LogP contribution in [0.25, 0.3) is 0 Å². The Morgan fingerprint density at radius 3 is 2.35 bits per heavy atom. The number of rotatable bonds is 4. The number of nitrogens with two attached hydrogens (primary N) is 1. The molecule has 0 radical (unpaired) electrons. The van der Waals surface area contributed by atoms with E-state index in [1.54, 1.807) is 7.11 Å². The highest BCUT2D eigenvalue weighted by Crippen LogP contribution is 2.14. The lowest BCUT2D eigenvalue weighted by atomic mass is 10.2. The van der Waals surface area contributed by atoms with E-state index in [1.807, 2.05) is 54.6 Å². The molecule has 0 aliphatic rings. The van der Waals surface area contributed by atoms with Gasteiger partial charge in [-0.3, -0.25) is 0 Å². The van der Waals surface area contributed by atoms with Crippen LogP contribution < -0.4 is 15.8 Å². The van der Waals surface area contributed by atoms with Gasteiger partial charge in [0.05, 0.1) is 13.7 Å². The number of benzene rings is 2. The first-order valence-corrected chi connectivity index (χ1v) is 6.03. The van der Waals surface area contributed by atoms with Crippen molar-refractivity contribution in [1.29, 1.82) is 0 Å². The number of ether oxygens (including phenoxy) is 1. The van der Waals surface area contributed by atoms with Gasteiger partial charge in [0.25, 0.3) is 0 Å². The van der Waals surface area contributed by atoms with Crippen LogP contribution in [0.2, 0.25) is 0 Å². The van der Waals surface area contributed by atoms with Gasteiger partial charge in [0.15, 0.2) is 5.96 Å². The molecule has 0 aliphatic heterocycles. The zero-order valence-corrected chi connectivity index (χ0v) is 13.6. The van der Waals surface area contributed by atoms with Crippen LogP contribution in [0.15, 0.2) is 59.6 Å². The summed E-state index contributed by atoms with van der Waals surface area (Å²) in [5.74, 6) is 1.21. The van der Waals surface area contributed by atoms with Crippen LogP contribution >= 0.6 is 24.0 Å². The first-order chi connectivity index (χ1) is 9.28. The predicted octanol–water partition coefficient (Wildman–Crippen LogP) is 3.24. The van der Waals surface area contributed by atoms with E-state index in [4.69, 9.17) is 10.5 Å². The summed E-state index contributed by atoms with van der Waals surface area (Å²) in [6.07, 6.45) is 0. The van der Waals surface area contributed by atoms with Gasteiger partial charge in [0.2, 0.25) is 0 Å². The Balaban J connectivity index is 0.00000200. The second-order valence-electron chi connectivity index (χ2n) is 4.04. The summed E-state index contributed by atoms with van der Waals surface area (Å²) in [6.45, 7) is 0.565. The third-order valence-electron chi connectivity index (χ3n) is 2.64. The molecule has 20 heavy (non-hydrogen) atoms. The first kappa shape index (κ1) is 16.3. The molecule has 106 valence electrons. The van der Waals surface area contributed by atoms with Crippen molar-refractivity contribution in [2.75, 3.05) is 12.4 Å². The second-order valence-corrected chi connectivity index (χ2v) is 4.04. The summed E-state index contributed by atoms with van der Waals surface area (Å²) >= 11 is 0. The van der Waals surface area contributed by atoms with Gasteiger partial charge >= 0.3 is 0 Å². The number of nitrogens with zero attached hydrogens (tertiary/aromatic N) is 1. The van der Waals surface area contributed by atoms with E-state index in [2.05, 4.69) is 10.3 Å². The molecule has 5 heteroatoms. The molecule has 2 aromatic carbocycles. The fourth-order valence-corrected chi connectivity index (χ4v) is 1.62. The predicted molar refractivity (Wildman–Crippen MR) is 93.8 cm³/mol. The number of hydrogen-bond donors (Lipinski definition) is 2. The van der Waals surface area contributed by atoms with E-state index >= 15 is 0 Å². The molecule has 2 rings (SSSR count). The van der Waals surface area contributed by atoms with Crippen molar-refractivity contribution >= 4 is 35.6 Å². The SMILES string of the molecule is COc1ccc(NC(N)=NCc2ccccc2)cc1.I. The highest BCUT2D eigenvalue weighted by Gasteiger charge is 1.96. The van der Waals surface area contributed by atoms with Crippen LogP contribution in [0, 0.1) is 0 Å². The average molecular weight is 383 g/mol. The largest absolute Gasteiger partial charge is 0.497 e. The minimum absolute atomic E-state index is 0. The quantitative estimate of drug-likeness (QED) is 0.484. The topological polar surface area (TPSA) is 59.6 Å². The maximum absolute atomic E-state index is 5.83. The number of anilines is 1. The number of methoxy groups -OCH3 is 1. The van der Waals surface area contributed by atoms with Crippen molar-refractivity contribution in [3.05, 3.63) is 60.2 Å². The Bertz CT molecular complexity index is 541.